The van der Waals surface area contributed by atoms with Crippen LogP contribution in [-0.4, -0.2) is 88.9 Å². The third kappa shape index (κ3) is 8.20. The molecule has 29 heavy (non-hydrogen) atoms. The topological polar surface area (TPSA) is 61.4 Å². The second-order valence-electron chi connectivity index (χ2n) is 7.80. The second-order valence-corrected chi connectivity index (χ2v) is 7.80. The predicted molar refractivity (Wildman–Crippen MR) is 120 cm³/mol. The van der Waals surface area contributed by atoms with Gasteiger partial charge in [-0.15, -0.1) is 0 Å². The van der Waals surface area contributed by atoms with E-state index in [0.29, 0.717) is 25.8 Å². The summed E-state index contributed by atoms with van der Waals surface area (Å²) in [5, 5.41) is 6.88. The molecule has 0 aromatic heterocycles. The normalized spacial score (nSPS) is 17.2. The van der Waals surface area contributed by atoms with Gasteiger partial charge in [0.2, 0.25) is 0 Å². The van der Waals surface area contributed by atoms with Crippen LogP contribution in [0.4, 0.5) is 0 Å². The zero-order valence-corrected chi connectivity index (χ0v) is 18.8. The Morgan fingerprint density at radius 1 is 1.17 bits per heavy atom. The van der Waals surface area contributed by atoms with E-state index in [1.165, 1.54) is 5.56 Å². The Hall–Kier alpha value is -1.83. The van der Waals surface area contributed by atoms with Gasteiger partial charge in [0.1, 0.15) is 5.75 Å². The molecule has 0 radical (unpaired) electrons. The van der Waals surface area contributed by atoms with E-state index in [4.69, 9.17) is 9.47 Å². The van der Waals surface area contributed by atoms with Crippen LogP contribution in [0.2, 0.25) is 0 Å². The smallest absolute Gasteiger partial charge is 0.191 e. The van der Waals surface area contributed by atoms with Gasteiger partial charge in [0.25, 0.3) is 0 Å². The number of likely N-dealkylation sites (N-methyl/N-ethyl adjacent to an activating group) is 1. The highest BCUT2D eigenvalue weighted by Crippen LogP contribution is 2.20. The van der Waals surface area contributed by atoms with Crippen molar-refractivity contribution < 1.29 is 9.47 Å². The van der Waals surface area contributed by atoms with Gasteiger partial charge in [-0.2, -0.15) is 0 Å². The number of hydrogen-bond acceptors (Lipinski definition) is 5. The van der Waals surface area contributed by atoms with Crippen LogP contribution in [0.15, 0.2) is 23.2 Å². The summed E-state index contributed by atoms with van der Waals surface area (Å²) in [6.45, 7) is 11.8. The van der Waals surface area contributed by atoms with E-state index in [9.17, 15) is 0 Å². The number of nitrogens with zero attached hydrogens (tertiary/aromatic N) is 3. The first-order valence-electron chi connectivity index (χ1n) is 10.6. The van der Waals surface area contributed by atoms with Gasteiger partial charge in [-0.05, 0) is 32.5 Å². The number of methoxy groups -OCH3 is 1. The van der Waals surface area contributed by atoms with Crippen LogP contribution in [0.5, 0.6) is 5.75 Å². The maximum Gasteiger partial charge on any atom is 0.191 e. The first-order valence-corrected chi connectivity index (χ1v) is 10.6. The fourth-order valence-electron chi connectivity index (χ4n) is 3.36. The van der Waals surface area contributed by atoms with E-state index in [-0.39, 0.29) is 0 Å². The molecule has 1 unspecified atom stereocenters. The molecule has 1 saturated heterocycles. The van der Waals surface area contributed by atoms with Gasteiger partial charge in [-0.25, -0.2) is 0 Å². The molecule has 0 saturated carbocycles. The number of nitrogens with one attached hydrogen (secondary N) is 2. The Kier molecular flexibility index (Phi) is 10.2. The van der Waals surface area contributed by atoms with Crippen molar-refractivity contribution in [3.8, 4) is 5.75 Å². The zero-order chi connectivity index (χ0) is 21.1. The lowest BCUT2D eigenvalue weighted by Crippen LogP contribution is -2.52. The van der Waals surface area contributed by atoms with Crippen LogP contribution in [-0.2, 0) is 11.3 Å². The summed E-state index contributed by atoms with van der Waals surface area (Å²) >= 11 is 0. The third-order valence-corrected chi connectivity index (χ3v) is 5.37. The average Bonchev–Trinajstić information content (AvgIpc) is 2.72. The minimum absolute atomic E-state index is 0.473. The highest BCUT2D eigenvalue weighted by atomic mass is 16.5. The van der Waals surface area contributed by atoms with E-state index >= 15 is 0 Å². The molecule has 1 heterocycles. The number of benzene rings is 1. The molecule has 1 atom stereocenters. The number of aryl methyl sites for hydroxylation is 1. The minimum atomic E-state index is 0.473. The largest absolute Gasteiger partial charge is 0.493 e. The fourth-order valence-corrected chi connectivity index (χ4v) is 3.36. The second kappa shape index (κ2) is 12.7. The summed E-state index contributed by atoms with van der Waals surface area (Å²) in [5.41, 5.74) is 2.32. The molecule has 0 aliphatic carbocycles. The quantitative estimate of drug-likeness (QED) is 0.351. The highest BCUT2D eigenvalue weighted by molar-refractivity contribution is 5.79. The van der Waals surface area contributed by atoms with Crippen molar-refractivity contribution in [3.63, 3.8) is 0 Å². The van der Waals surface area contributed by atoms with Crippen molar-refractivity contribution in [1.82, 2.24) is 20.4 Å². The third-order valence-electron chi connectivity index (χ3n) is 5.37. The summed E-state index contributed by atoms with van der Waals surface area (Å²) in [5.74, 6) is 1.74. The van der Waals surface area contributed by atoms with E-state index in [1.54, 1.807) is 7.11 Å². The van der Waals surface area contributed by atoms with Gasteiger partial charge in [-0.3, -0.25) is 9.89 Å². The number of ether oxygens (including phenoxy) is 2. The number of hydrogen-bond donors (Lipinski definition) is 2. The number of guanidine groups is 1. The number of aliphatic imine (C=N–C) groups is 1. The van der Waals surface area contributed by atoms with Crippen LogP contribution in [0, 0.1) is 6.92 Å². The zero-order valence-electron chi connectivity index (χ0n) is 18.8. The lowest BCUT2D eigenvalue weighted by molar-refractivity contribution is 0.120. The van der Waals surface area contributed by atoms with Gasteiger partial charge in [-0.1, -0.05) is 12.1 Å². The summed E-state index contributed by atoms with van der Waals surface area (Å²) in [6.07, 6.45) is 0.880. The molecule has 0 bridgehead atoms. The molecule has 1 aromatic carbocycles. The van der Waals surface area contributed by atoms with Crippen LogP contribution >= 0.6 is 0 Å². The molecule has 1 aliphatic rings. The van der Waals surface area contributed by atoms with Crippen molar-refractivity contribution in [2.24, 2.45) is 4.99 Å². The maximum absolute atomic E-state index is 5.98. The molecule has 0 amide bonds. The van der Waals surface area contributed by atoms with Crippen LogP contribution < -0.4 is 15.4 Å². The molecule has 1 fully saturated rings. The van der Waals surface area contributed by atoms with Crippen molar-refractivity contribution >= 4 is 5.96 Å². The van der Waals surface area contributed by atoms with Gasteiger partial charge in [0.15, 0.2) is 5.96 Å². The van der Waals surface area contributed by atoms with Gasteiger partial charge in [0, 0.05) is 78.1 Å². The van der Waals surface area contributed by atoms with Crippen molar-refractivity contribution in [3.05, 3.63) is 29.3 Å². The average molecular weight is 406 g/mol. The van der Waals surface area contributed by atoms with Gasteiger partial charge >= 0.3 is 0 Å². The summed E-state index contributed by atoms with van der Waals surface area (Å²) in [6, 6.07) is 6.80. The molecule has 7 heteroatoms. The van der Waals surface area contributed by atoms with Crippen molar-refractivity contribution in [2.45, 2.75) is 32.9 Å². The van der Waals surface area contributed by atoms with Crippen LogP contribution in [0.1, 0.15) is 24.5 Å². The standard InChI is InChI=1S/C22H39N5O2/c1-18-7-8-20(21(15-18)29-14-6-13-28-5)17-25-22(23-3)24-16-19(2)27-11-9-26(4)10-12-27/h7-8,15,19H,6,9-14,16-17H2,1-5H3,(H2,23,24,25). The molecular formula is C22H39N5O2. The van der Waals surface area contributed by atoms with E-state index in [2.05, 4.69) is 64.5 Å². The number of piperazine rings is 1. The van der Waals surface area contributed by atoms with Crippen molar-refractivity contribution in [1.29, 1.82) is 0 Å². The summed E-state index contributed by atoms with van der Waals surface area (Å²) in [7, 11) is 5.71. The van der Waals surface area contributed by atoms with E-state index < -0.39 is 0 Å². The Balaban J connectivity index is 1.82. The molecule has 2 rings (SSSR count). The first kappa shape index (κ1) is 23.4. The lowest BCUT2D eigenvalue weighted by atomic mass is 10.1. The Bertz CT molecular complexity index is 630. The fraction of sp³-hybridized carbons (Fsp3) is 0.682. The Morgan fingerprint density at radius 2 is 1.93 bits per heavy atom. The van der Waals surface area contributed by atoms with Gasteiger partial charge in [0.05, 0.1) is 6.61 Å². The number of rotatable bonds is 10. The summed E-state index contributed by atoms with van der Waals surface area (Å²) < 4.78 is 11.1. The SMILES string of the molecule is CN=C(NCc1ccc(C)cc1OCCCOC)NCC(C)N1CCN(C)CC1. The highest BCUT2D eigenvalue weighted by Gasteiger charge is 2.19. The Labute approximate surface area is 176 Å². The first-order chi connectivity index (χ1) is 14.0. The molecule has 7 nitrogen and oxygen atoms in total. The van der Waals surface area contributed by atoms with Crippen LogP contribution in [0.25, 0.3) is 0 Å². The molecular weight excluding hydrogens is 366 g/mol. The Morgan fingerprint density at radius 3 is 2.62 bits per heavy atom. The maximum atomic E-state index is 5.98. The van der Waals surface area contributed by atoms with Gasteiger partial charge < -0.3 is 25.0 Å². The molecule has 1 aliphatic heterocycles. The monoisotopic (exact) mass is 405 g/mol. The lowest BCUT2D eigenvalue weighted by Gasteiger charge is -2.36. The predicted octanol–water partition coefficient (Wildman–Crippen LogP) is 1.71. The molecule has 2 N–H and O–H groups in total. The molecule has 0 spiro atoms. The van der Waals surface area contributed by atoms with E-state index in [0.717, 1.165) is 56.4 Å². The summed E-state index contributed by atoms with van der Waals surface area (Å²) in [4.78, 5) is 9.29. The minimum Gasteiger partial charge on any atom is -0.493 e. The van der Waals surface area contributed by atoms with Crippen molar-refractivity contribution in [2.75, 3.05) is 67.1 Å². The van der Waals surface area contributed by atoms with Crippen LogP contribution in [0.3, 0.4) is 0 Å². The molecule has 164 valence electrons. The van der Waals surface area contributed by atoms with E-state index in [1.807, 2.05) is 7.05 Å². The molecule has 1 aromatic rings.